The average Bonchev–Trinajstić information content (AvgIpc) is 2.77. The fourth-order valence-electron chi connectivity index (χ4n) is 4.44. The average molecular weight is 418 g/mol. The molecule has 174 valence electrons. The van der Waals surface area contributed by atoms with Crippen LogP contribution in [-0.2, 0) is 0 Å². The van der Waals surface area contributed by atoms with E-state index in [0.717, 1.165) is 36.7 Å². The molecule has 0 fully saturated rings. The molecule has 0 amide bonds. The second-order valence-electron chi connectivity index (χ2n) is 9.21. The Kier molecular flexibility index (Phi) is 15.0. The minimum absolute atomic E-state index is 0.485. The lowest BCUT2D eigenvalue weighted by molar-refractivity contribution is 0.474. The van der Waals surface area contributed by atoms with Gasteiger partial charge in [0.25, 0.3) is 0 Å². The number of hydrogen-bond donors (Lipinski definition) is 0. The lowest BCUT2D eigenvalue weighted by Gasteiger charge is -2.21. The van der Waals surface area contributed by atoms with Gasteiger partial charge in [0, 0.05) is 17.8 Å². The van der Waals surface area contributed by atoms with Crippen LogP contribution >= 0.6 is 0 Å². The molecule has 0 aliphatic heterocycles. The van der Waals surface area contributed by atoms with E-state index in [1.807, 2.05) is 0 Å². The highest BCUT2D eigenvalue weighted by Crippen LogP contribution is 2.30. The Bertz CT molecular complexity index is 454. The summed E-state index contributed by atoms with van der Waals surface area (Å²) in [5.74, 6) is 4.74. The highest BCUT2D eigenvalue weighted by atomic mass is 15.0. The van der Waals surface area contributed by atoms with Gasteiger partial charge in [0.2, 0.25) is 0 Å². The maximum absolute atomic E-state index is 5.12. The van der Waals surface area contributed by atoms with Crippen LogP contribution in [0.3, 0.4) is 0 Å². The third kappa shape index (κ3) is 9.43. The molecule has 30 heavy (non-hydrogen) atoms. The van der Waals surface area contributed by atoms with Crippen LogP contribution in [0, 0.1) is 0 Å². The van der Waals surface area contributed by atoms with Crippen molar-refractivity contribution in [3.05, 3.63) is 17.5 Å². The van der Waals surface area contributed by atoms with E-state index < -0.39 is 0 Å². The van der Waals surface area contributed by atoms with Crippen LogP contribution in [0.15, 0.2) is 0 Å². The van der Waals surface area contributed by atoms with Crippen molar-refractivity contribution in [2.24, 2.45) is 0 Å². The van der Waals surface area contributed by atoms with Crippen LogP contribution in [0.1, 0.15) is 173 Å². The Morgan fingerprint density at radius 2 is 0.700 bits per heavy atom. The minimum Gasteiger partial charge on any atom is -0.217 e. The summed E-state index contributed by atoms with van der Waals surface area (Å²) >= 11 is 0. The molecule has 1 aromatic heterocycles. The molecule has 0 spiro atoms. The zero-order valence-electron chi connectivity index (χ0n) is 21.2. The van der Waals surface area contributed by atoms with Crippen molar-refractivity contribution in [2.45, 2.75) is 156 Å². The Labute approximate surface area is 188 Å². The third-order valence-electron chi connectivity index (χ3n) is 6.73. The van der Waals surface area contributed by atoms with E-state index in [1.165, 1.54) is 77.0 Å². The van der Waals surface area contributed by atoms with Gasteiger partial charge in [-0.3, -0.25) is 0 Å². The number of unbranched alkanes of at least 4 members (excludes halogenated alkanes) is 6. The highest BCUT2D eigenvalue weighted by molar-refractivity contribution is 5.09. The van der Waals surface area contributed by atoms with Gasteiger partial charge in [0.05, 0.1) is 0 Å². The molecule has 0 radical (unpaired) electrons. The normalized spacial score (nSPS) is 14.6. The van der Waals surface area contributed by atoms with Gasteiger partial charge in [-0.25, -0.2) is 15.0 Å². The van der Waals surface area contributed by atoms with E-state index in [0.29, 0.717) is 17.8 Å². The molecule has 0 saturated heterocycles. The lowest BCUT2D eigenvalue weighted by atomic mass is 9.94. The standard InChI is InChI=1S/C27H51N3/c1-7-13-16-19-22(10-4)25-28-26(23(11-5)20-17-14-8-2)30-27(29-25)24(12-6)21-18-15-9-3/h22-24H,7-21H2,1-6H3. The molecule has 0 bridgehead atoms. The largest absolute Gasteiger partial charge is 0.217 e. The second kappa shape index (κ2) is 16.7. The van der Waals surface area contributed by atoms with Gasteiger partial charge in [0.15, 0.2) is 0 Å². The second-order valence-corrected chi connectivity index (χ2v) is 9.21. The Hall–Kier alpha value is -0.990. The van der Waals surface area contributed by atoms with E-state index in [1.54, 1.807) is 0 Å². The molecule has 3 unspecified atom stereocenters. The lowest BCUT2D eigenvalue weighted by Crippen LogP contribution is -2.16. The number of rotatable bonds is 18. The van der Waals surface area contributed by atoms with Crippen LogP contribution < -0.4 is 0 Å². The first-order chi connectivity index (χ1) is 14.6. The predicted molar refractivity (Wildman–Crippen MR) is 131 cm³/mol. The third-order valence-corrected chi connectivity index (χ3v) is 6.73. The molecule has 3 atom stereocenters. The summed E-state index contributed by atoms with van der Waals surface area (Å²) in [5.41, 5.74) is 0. The van der Waals surface area contributed by atoms with Gasteiger partial charge < -0.3 is 0 Å². The Morgan fingerprint density at radius 3 is 0.900 bits per heavy atom. The summed E-state index contributed by atoms with van der Waals surface area (Å²) in [6.45, 7) is 13.8. The smallest absolute Gasteiger partial charge is 0.135 e. The molecule has 1 aromatic rings. The zero-order chi connectivity index (χ0) is 22.2. The highest BCUT2D eigenvalue weighted by Gasteiger charge is 2.22. The van der Waals surface area contributed by atoms with Gasteiger partial charge in [-0.2, -0.15) is 0 Å². The minimum atomic E-state index is 0.485. The van der Waals surface area contributed by atoms with E-state index >= 15 is 0 Å². The quantitative estimate of drug-likeness (QED) is 0.223. The van der Waals surface area contributed by atoms with Gasteiger partial charge in [-0.15, -0.1) is 0 Å². The number of nitrogens with zero attached hydrogens (tertiary/aromatic N) is 3. The first-order valence-electron chi connectivity index (χ1n) is 13.4. The molecule has 1 heterocycles. The molecule has 1 rings (SSSR count). The van der Waals surface area contributed by atoms with Gasteiger partial charge in [0.1, 0.15) is 17.5 Å². The van der Waals surface area contributed by atoms with E-state index in [4.69, 9.17) is 15.0 Å². The van der Waals surface area contributed by atoms with Crippen molar-refractivity contribution >= 4 is 0 Å². The summed E-state index contributed by atoms with van der Waals surface area (Å²) < 4.78 is 0. The van der Waals surface area contributed by atoms with E-state index in [-0.39, 0.29) is 0 Å². The summed E-state index contributed by atoms with van der Waals surface area (Å²) in [5, 5.41) is 0. The summed E-state index contributed by atoms with van der Waals surface area (Å²) in [6, 6.07) is 0. The van der Waals surface area contributed by atoms with Crippen molar-refractivity contribution in [2.75, 3.05) is 0 Å². The Morgan fingerprint density at radius 1 is 0.433 bits per heavy atom. The van der Waals surface area contributed by atoms with E-state index in [9.17, 15) is 0 Å². The molecular formula is C27H51N3. The SMILES string of the molecule is CCCCCC(CC)c1nc(C(CC)CCCCC)nc(C(CC)CCCCC)n1. The molecule has 0 aliphatic rings. The zero-order valence-corrected chi connectivity index (χ0v) is 21.2. The molecule has 0 aliphatic carbocycles. The van der Waals surface area contributed by atoms with Crippen molar-refractivity contribution in [3.63, 3.8) is 0 Å². The fraction of sp³-hybridized carbons (Fsp3) is 0.889. The molecular weight excluding hydrogens is 366 g/mol. The van der Waals surface area contributed by atoms with Crippen molar-refractivity contribution < 1.29 is 0 Å². The van der Waals surface area contributed by atoms with Crippen LogP contribution in [0.4, 0.5) is 0 Å². The number of hydrogen-bond acceptors (Lipinski definition) is 3. The number of aromatic nitrogens is 3. The first kappa shape index (κ1) is 27.0. The van der Waals surface area contributed by atoms with Crippen LogP contribution in [0.5, 0.6) is 0 Å². The van der Waals surface area contributed by atoms with E-state index in [2.05, 4.69) is 41.5 Å². The van der Waals surface area contributed by atoms with Crippen molar-refractivity contribution in [3.8, 4) is 0 Å². The maximum Gasteiger partial charge on any atom is 0.135 e. The first-order valence-corrected chi connectivity index (χ1v) is 13.4. The molecule has 3 nitrogen and oxygen atoms in total. The topological polar surface area (TPSA) is 38.7 Å². The molecule has 0 saturated carbocycles. The van der Waals surface area contributed by atoms with Crippen LogP contribution in [0.2, 0.25) is 0 Å². The predicted octanol–water partition coefficient (Wildman–Crippen LogP) is 9.09. The molecule has 0 aromatic carbocycles. The Balaban J connectivity index is 3.20. The fourth-order valence-corrected chi connectivity index (χ4v) is 4.44. The van der Waals surface area contributed by atoms with Gasteiger partial charge in [-0.1, -0.05) is 99.3 Å². The van der Waals surface area contributed by atoms with Crippen molar-refractivity contribution in [1.82, 2.24) is 15.0 Å². The monoisotopic (exact) mass is 417 g/mol. The van der Waals surface area contributed by atoms with Crippen LogP contribution in [0.25, 0.3) is 0 Å². The summed E-state index contributed by atoms with van der Waals surface area (Å²) in [6.07, 6.45) is 18.6. The summed E-state index contributed by atoms with van der Waals surface area (Å²) in [7, 11) is 0. The molecule has 3 heteroatoms. The van der Waals surface area contributed by atoms with Gasteiger partial charge >= 0.3 is 0 Å². The molecule has 0 N–H and O–H groups in total. The van der Waals surface area contributed by atoms with Crippen molar-refractivity contribution in [1.29, 1.82) is 0 Å². The summed E-state index contributed by atoms with van der Waals surface area (Å²) in [4.78, 5) is 15.4. The van der Waals surface area contributed by atoms with Gasteiger partial charge in [-0.05, 0) is 38.5 Å². The maximum atomic E-state index is 5.12. The van der Waals surface area contributed by atoms with Crippen LogP contribution in [-0.4, -0.2) is 15.0 Å².